The van der Waals surface area contributed by atoms with Gasteiger partial charge in [0.15, 0.2) is 0 Å². The minimum atomic E-state index is -3.54. The molecule has 0 aliphatic heterocycles. The minimum Gasteiger partial charge on any atom is -0.287 e. The smallest absolute Gasteiger partial charge is 0.287 e. The zero-order chi connectivity index (χ0) is 19.1. The van der Waals surface area contributed by atoms with Crippen molar-refractivity contribution in [3.05, 3.63) is 29.8 Å². The molecule has 0 N–H and O–H groups in total. The van der Waals surface area contributed by atoms with Gasteiger partial charge in [-0.25, -0.2) is 4.57 Å². The highest BCUT2D eigenvalue weighted by Gasteiger charge is 2.29. The van der Waals surface area contributed by atoms with Crippen molar-refractivity contribution in [3.8, 4) is 0 Å². The molecule has 0 spiro atoms. The normalized spacial score (nSPS) is 13.0. The van der Waals surface area contributed by atoms with Gasteiger partial charge in [-0.05, 0) is 45.7 Å². The molecule has 144 valence electrons. The van der Waals surface area contributed by atoms with Gasteiger partial charge < -0.3 is 0 Å². The molecule has 0 unspecified atom stereocenters. The molecule has 0 aliphatic rings. The summed E-state index contributed by atoms with van der Waals surface area (Å²) in [5, 5.41) is 0. The van der Waals surface area contributed by atoms with E-state index in [1.54, 1.807) is 10.8 Å². The molecule has 1 aromatic rings. The Labute approximate surface area is 160 Å². The minimum absolute atomic E-state index is 0.181. The van der Waals surface area contributed by atoms with Crippen LogP contribution >= 0.6 is 29.4 Å². The van der Waals surface area contributed by atoms with E-state index in [2.05, 4.69) is 32.9 Å². The van der Waals surface area contributed by atoms with Crippen molar-refractivity contribution in [1.82, 2.24) is 0 Å². The van der Waals surface area contributed by atoms with Crippen molar-refractivity contribution in [2.24, 2.45) is 0 Å². The highest BCUT2D eigenvalue weighted by Crippen LogP contribution is 2.51. The first kappa shape index (κ1) is 23.1. The maximum Gasteiger partial charge on any atom is 0.475 e. The lowest BCUT2D eigenvalue weighted by Crippen LogP contribution is -2.11. The summed E-state index contributed by atoms with van der Waals surface area (Å²) in [6.07, 6.45) is 0.201. The predicted molar refractivity (Wildman–Crippen MR) is 109 cm³/mol. The number of hydrogen-bond acceptors (Lipinski definition) is 6. The van der Waals surface area contributed by atoms with Gasteiger partial charge in [0.2, 0.25) is 0 Å². The second-order valence-electron chi connectivity index (χ2n) is 7.23. The number of phosphoric acid groups is 1. The summed E-state index contributed by atoms with van der Waals surface area (Å²) in [5.41, 5.74) is 1.17. The Balaban J connectivity index is 2.69. The maximum absolute atomic E-state index is 12.7. The molecule has 4 nitrogen and oxygen atoms in total. The fourth-order valence-electron chi connectivity index (χ4n) is 1.83. The molecule has 0 heterocycles. The third kappa shape index (κ3) is 10.1. The Kier molecular flexibility index (Phi) is 9.58. The van der Waals surface area contributed by atoms with Crippen LogP contribution in [0.15, 0.2) is 29.2 Å². The maximum atomic E-state index is 12.7. The van der Waals surface area contributed by atoms with Gasteiger partial charge in [-0.15, -0.1) is 0 Å². The molecule has 0 fully saturated rings. The molecule has 25 heavy (non-hydrogen) atoms. The SMILES string of the molecule is CC(C)OP(=O)(OCCc1ccccc1SSC(C)(C)C)OC(C)C. The van der Waals surface area contributed by atoms with Crippen LogP contribution in [0.3, 0.4) is 0 Å². The van der Waals surface area contributed by atoms with Crippen molar-refractivity contribution >= 4 is 29.4 Å². The first-order valence-corrected chi connectivity index (χ1v) is 12.2. The summed E-state index contributed by atoms with van der Waals surface area (Å²) in [5.74, 6) is 0. The highest BCUT2D eigenvalue weighted by atomic mass is 33.1. The predicted octanol–water partition coefficient (Wildman–Crippen LogP) is 6.74. The molecule has 1 aromatic carbocycles. The Morgan fingerprint density at radius 2 is 1.60 bits per heavy atom. The zero-order valence-electron chi connectivity index (χ0n) is 16.3. The van der Waals surface area contributed by atoms with Gasteiger partial charge in [0.1, 0.15) is 0 Å². The van der Waals surface area contributed by atoms with Gasteiger partial charge in [-0.1, -0.05) is 60.6 Å². The Morgan fingerprint density at radius 3 is 2.12 bits per heavy atom. The van der Waals surface area contributed by atoms with Gasteiger partial charge in [0.05, 0.1) is 18.8 Å². The summed E-state index contributed by atoms with van der Waals surface area (Å²) in [6, 6.07) is 8.22. The number of benzene rings is 1. The molecule has 0 bridgehead atoms. The molecule has 0 amide bonds. The van der Waals surface area contributed by atoms with E-state index >= 15 is 0 Å². The van der Waals surface area contributed by atoms with E-state index in [9.17, 15) is 4.57 Å². The molecule has 0 saturated carbocycles. The molecule has 7 heteroatoms. The zero-order valence-corrected chi connectivity index (χ0v) is 18.8. The molecule has 0 atom stereocenters. The third-order valence-corrected chi connectivity index (χ3v) is 7.96. The summed E-state index contributed by atoms with van der Waals surface area (Å²) >= 11 is 0. The van der Waals surface area contributed by atoms with Crippen molar-refractivity contribution < 1.29 is 18.1 Å². The van der Waals surface area contributed by atoms with Crippen molar-refractivity contribution in [2.75, 3.05) is 6.61 Å². The Hall–Kier alpha value is 0.0300. The first-order chi connectivity index (χ1) is 11.5. The lowest BCUT2D eigenvalue weighted by Gasteiger charge is -2.22. The van der Waals surface area contributed by atoms with Crippen LogP contribution in [-0.4, -0.2) is 23.6 Å². The first-order valence-electron chi connectivity index (χ1n) is 8.56. The van der Waals surface area contributed by atoms with Crippen LogP contribution in [0.1, 0.15) is 54.0 Å². The highest BCUT2D eigenvalue weighted by molar-refractivity contribution is 8.77. The number of phosphoric ester groups is 1. The van der Waals surface area contributed by atoms with Crippen molar-refractivity contribution in [3.63, 3.8) is 0 Å². The van der Waals surface area contributed by atoms with Gasteiger partial charge in [-0.3, -0.25) is 13.6 Å². The van der Waals surface area contributed by atoms with Crippen LogP contribution in [0.5, 0.6) is 0 Å². The second kappa shape index (κ2) is 10.4. The van der Waals surface area contributed by atoms with Crippen molar-refractivity contribution in [2.45, 2.75) is 76.7 Å². The summed E-state index contributed by atoms with van der Waals surface area (Å²) in [4.78, 5) is 1.20. The summed E-state index contributed by atoms with van der Waals surface area (Å²) in [7, 11) is 0.0535. The third-order valence-electron chi connectivity index (χ3n) is 2.65. The fraction of sp³-hybridized carbons (Fsp3) is 0.667. The molecule has 0 aliphatic carbocycles. The molecule has 0 aromatic heterocycles. The van der Waals surface area contributed by atoms with Crippen molar-refractivity contribution in [1.29, 1.82) is 0 Å². The van der Waals surface area contributed by atoms with Crippen LogP contribution in [0.25, 0.3) is 0 Å². The largest absolute Gasteiger partial charge is 0.475 e. The van der Waals surface area contributed by atoms with E-state index < -0.39 is 7.82 Å². The van der Waals surface area contributed by atoms with Crippen LogP contribution in [0.4, 0.5) is 0 Å². The van der Waals surface area contributed by atoms with Gasteiger partial charge in [0.25, 0.3) is 0 Å². The van der Waals surface area contributed by atoms with E-state index in [0.29, 0.717) is 6.42 Å². The van der Waals surface area contributed by atoms with Crippen LogP contribution in [0, 0.1) is 0 Å². The monoisotopic (exact) mass is 406 g/mol. The van der Waals surface area contributed by atoms with Crippen LogP contribution in [0.2, 0.25) is 0 Å². The van der Waals surface area contributed by atoms with Crippen LogP contribution < -0.4 is 0 Å². The Morgan fingerprint density at radius 1 is 1.04 bits per heavy atom. The molecular formula is C18H31O4PS2. The van der Waals surface area contributed by atoms with Gasteiger partial charge >= 0.3 is 7.82 Å². The van der Waals surface area contributed by atoms with E-state index in [1.807, 2.05) is 50.6 Å². The van der Waals surface area contributed by atoms with E-state index in [-0.39, 0.29) is 23.6 Å². The summed E-state index contributed by atoms with van der Waals surface area (Å²) < 4.78 is 29.2. The van der Waals surface area contributed by atoms with Gasteiger partial charge in [0, 0.05) is 9.64 Å². The number of hydrogen-bond donors (Lipinski definition) is 0. The van der Waals surface area contributed by atoms with E-state index in [4.69, 9.17) is 13.6 Å². The standard InChI is InChI=1S/C18H31O4PS2/c1-14(2)21-23(19,22-15(3)4)20-13-12-16-10-8-9-11-17(16)24-25-18(5,6)7/h8-11,14-15H,12-13H2,1-7H3. The molecule has 1 rings (SSSR count). The average Bonchev–Trinajstić information content (AvgIpc) is 2.43. The number of rotatable bonds is 10. The summed E-state index contributed by atoms with van der Waals surface area (Å²) in [6.45, 7) is 14.1. The van der Waals surface area contributed by atoms with E-state index in [1.165, 1.54) is 10.5 Å². The van der Waals surface area contributed by atoms with E-state index in [0.717, 1.165) is 0 Å². The molecular weight excluding hydrogens is 375 g/mol. The molecule has 0 radical (unpaired) electrons. The fourth-order valence-corrected chi connectivity index (χ4v) is 5.61. The average molecular weight is 407 g/mol. The van der Waals surface area contributed by atoms with Crippen LogP contribution in [-0.2, 0) is 24.6 Å². The quantitative estimate of drug-likeness (QED) is 0.317. The topological polar surface area (TPSA) is 44.8 Å². The molecule has 0 saturated heterocycles. The van der Waals surface area contributed by atoms with Gasteiger partial charge in [-0.2, -0.15) is 0 Å². The lowest BCUT2D eigenvalue weighted by atomic mass is 10.2. The lowest BCUT2D eigenvalue weighted by molar-refractivity contribution is 0.0728. The Bertz CT molecular complexity index is 556. The second-order valence-corrected chi connectivity index (χ2v) is 11.8.